The lowest BCUT2D eigenvalue weighted by molar-refractivity contribution is -0.120. The van der Waals surface area contributed by atoms with Crippen molar-refractivity contribution in [3.63, 3.8) is 0 Å². The van der Waals surface area contributed by atoms with Gasteiger partial charge in [0.25, 0.3) is 0 Å². The Morgan fingerprint density at radius 1 is 1.29 bits per heavy atom. The highest BCUT2D eigenvalue weighted by atomic mass is 19.1. The van der Waals surface area contributed by atoms with Crippen molar-refractivity contribution >= 4 is 17.6 Å². The van der Waals surface area contributed by atoms with Crippen LogP contribution in [0.4, 0.5) is 14.9 Å². The van der Waals surface area contributed by atoms with Crippen LogP contribution in [0.15, 0.2) is 48.8 Å². The predicted octanol–water partition coefficient (Wildman–Crippen LogP) is 2.44. The minimum Gasteiger partial charge on any atom is -0.381 e. The lowest BCUT2D eigenvalue weighted by Gasteiger charge is -2.26. The van der Waals surface area contributed by atoms with Crippen LogP contribution in [0.2, 0.25) is 0 Å². The van der Waals surface area contributed by atoms with E-state index >= 15 is 0 Å². The molecule has 1 saturated heterocycles. The molecule has 10 heteroatoms. The van der Waals surface area contributed by atoms with Crippen molar-refractivity contribution in [2.24, 2.45) is 0 Å². The summed E-state index contributed by atoms with van der Waals surface area (Å²) in [6.45, 7) is 0.952. The van der Waals surface area contributed by atoms with Crippen LogP contribution in [-0.2, 0) is 22.4 Å². The molecular weight excluding hydrogens is 489 g/mol. The van der Waals surface area contributed by atoms with E-state index in [0.717, 1.165) is 15.9 Å². The van der Waals surface area contributed by atoms with Crippen molar-refractivity contribution in [1.29, 1.82) is 0 Å². The van der Waals surface area contributed by atoms with Crippen molar-refractivity contribution in [2.75, 3.05) is 25.2 Å². The number of anilines is 1. The van der Waals surface area contributed by atoms with E-state index in [1.54, 1.807) is 25.4 Å². The SMILES string of the molecule is CN1C(=O)[C@H](NC(=O)n2cc(Cc3cccc(F)n3)cn2)CCc2ccc(C#CC3(O)CCOCC3)cc21. The molecule has 0 aliphatic carbocycles. The molecule has 0 saturated carbocycles. The zero-order chi connectivity index (χ0) is 26.7. The van der Waals surface area contributed by atoms with Crippen LogP contribution in [0.1, 0.15) is 41.6 Å². The van der Waals surface area contributed by atoms with Crippen LogP contribution in [0.3, 0.4) is 0 Å². The molecule has 0 bridgehead atoms. The van der Waals surface area contributed by atoms with Gasteiger partial charge in [0.05, 0.1) is 19.4 Å². The Morgan fingerprint density at radius 3 is 2.89 bits per heavy atom. The number of aliphatic hydroxyl groups is 1. The monoisotopic (exact) mass is 517 g/mol. The summed E-state index contributed by atoms with van der Waals surface area (Å²) in [5.41, 5.74) is 2.53. The molecule has 4 heterocycles. The first kappa shape index (κ1) is 25.6. The number of aromatic nitrogens is 3. The molecule has 38 heavy (non-hydrogen) atoms. The number of likely N-dealkylation sites (N-methyl/N-ethyl adjacent to an activating group) is 1. The quantitative estimate of drug-likeness (QED) is 0.408. The number of aryl methyl sites for hydroxylation is 1. The fourth-order valence-corrected chi connectivity index (χ4v) is 4.63. The summed E-state index contributed by atoms with van der Waals surface area (Å²) in [7, 11) is 1.67. The van der Waals surface area contributed by atoms with E-state index in [9.17, 15) is 19.1 Å². The van der Waals surface area contributed by atoms with Crippen LogP contribution in [-0.4, -0.2) is 63.7 Å². The van der Waals surface area contributed by atoms with Crippen molar-refractivity contribution in [3.8, 4) is 11.8 Å². The smallest absolute Gasteiger partial charge is 0.342 e. The Hall–Kier alpha value is -4.07. The van der Waals surface area contributed by atoms with Gasteiger partial charge in [-0.2, -0.15) is 14.2 Å². The number of nitrogens with one attached hydrogen (secondary N) is 1. The maximum absolute atomic E-state index is 13.4. The molecular formula is C28H28FN5O4. The largest absolute Gasteiger partial charge is 0.381 e. The molecule has 1 atom stereocenters. The first-order chi connectivity index (χ1) is 18.3. The van der Waals surface area contributed by atoms with Gasteiger partial charge in [-0.15, -0.1) is 0 Å². The number of rotatable bonds is 3. The van der Waals surface area contributed by atoms with Crippen LogP contribution >= 0.6 is 0 Å². The second kappa shape index (κ2) is 10.7. The Bertz CT molecular complexity index is 1420. The van der Waals surface area contributed by atoms with Crippen molar-refractivity contribution < 1.29 is 23.8 Å². The molecule has 196 valence electrons. The second-order valence-corrected chi connectivity index (χ2v) is 9.60. The Balaban J connectivity index is 1.26. The second-order valence-electron chi connectivity index (χ2n) is 9.60. The molecule has 3 aromatic rings. The maximum atomic E-state index is 13.4. The molecule has 0 radical (unpaired) electrons. The van der Waals surface area contributed by atoms with E-state index in [4.69, 9.17) is 4.74 Å². The third kappa shape index (κ3) is 5.74. The fourth-order valence-electron chi connectivity index (χ4n) is 4.63. The van der Waals surface area contributed by atoms with Gasteiger partial charge in [-0.25, -0.2) is 9.78 Å². The predicted molar refractivity (Wildman–Crippen MR) is 137 cm³/mol. The van der Waals surface area contributed by atoms with Gasteiger partial charge in [0, 0.05) is 49.5 Å². The van der Waals surface area contributed by atoms with Gasteiger partial charge in [0.1, 0.15) is 11.6 Å². The standard InChI is InChI=1S/C28H28FN5O4/c1-33-24-16-19(9-10-28(37)11-13-38-14-12-28)5-6-21(24)7-8-23(26(33)35)32-27(36)34-18-20(17-30-34)15-22-3-2-4-25(29)31-22/h2-6,16-18,23,37H,7-8,11-15H2,1H3,(H,32,36)/t23-/m1/s1. The normalized spacial score (nSPS) is 18.7. The number of amides is 2. The molecule has 0 unspecified atom stereocenters. The van der Waals surface area contributed by atoms with Gasteiger partial charge in [0.2, 0.25) is 11.9 Å². The molecule has 2 aliphatic rings. The number of halogens is 1. The number of hydrogen-bond acceptors (Lipinski definition) is 6. The zero-order valence-corrected chi connectivity index (χ0v) is 21.0. The highest BCUT2D eigenvalue weighted by molar-refractivity contribution is 6.00. The van der Waals surface area contributed by atoms with E-state index in [1.165, 1.54) is 17.2 Å². The van der Waals surface area contributed by atoms with E-state index in [0.29, 0.717) is 62.1 Å². The van der Waals surface area contributed by atoms with Gasteiger partial charge in [-0.1, -0.05) is 24.0 Å². The summed E-state index contributed by atoms with van der Waals surface area (Å²) in [6.07, 6.45) is 5.31. The van der Waals surface area contributed by atoms with Crippen molar-refractivity contribution in [2.45, 2.75) is 43.7 Å². The number of fused-ring (bicyclic) bond motifs is 1. The summed E-state index contributed by atoms with van der Waals surface area (Å²) in [5, 5.41) is 17.5. The topological polar surface area (TPSA) is 110 Å². The number of nitrogens with zero attached hydrogens (tertiary/aromatic N) is 4. The fraction of sp³-hybridized carbons (Fsp3) is 0.357. The van der Waals surface area contributed by atoms with Gasteiger partial charge in [0.15, 0.2) is 0 Å². The average molecular weight is 518 g/mol. The van der Waals surface area contributed by atoms with E-state index in [-0.39, 0.29) is 5.91 Å². The van der Waals surface area contributed by atoms with E-state index < -0.39 is 23.6 Å². The molecule has 2 amide bonds. The third-order valence-electron chi connectivity index (χ3n) is 6.84. The van der Waals surface area contributed by atoms with Gasteiger partial charge in [-0.05, 0) is 48.2 Å². The summed E-state index contributed by atoms with van der Waals surface area (Å²) in [5.74, 6) is 5.20. The van der Waals surface area contributed by atoms with Gasteiger partial charge < -0.3 is 20.1 Å². The third-order valence-corrected chi connectivity index (χ3v) is 6.84. The van der Waals surface area contributed by atoms with E-state index in [2.05, 4.69) is 27.2 Å². The maximum Gasteiger partial charge on any atom is 0.342 e. The molecule has 5 rings (SSSR count). The molecule has 1 fully saturated rings. The lowest BCUT2D eigenvalue weighted by Crippen LogP contribution is -2.48. The highest BCUT2D eigenvalue weighted by Gasteiger charge is 2.30. The lowest BCUT2D eigenvalue weighted by atomic mass is 9.94. The zero-order valence-electron chi connectivity index (χ0n) is 21.0. The Morgan fingerprint density at radius 2 is 2.11 bits per heavy atom. The first-order valence-corrected chi connectivity index (χ1v) is 12.5. The van der Waals surface area contributed by atoms with Gasteiger partial charge in [-0.3, -0.25) is 4.79 Å². The molecule has 9 nitrogen and oxygen atoms in total. The van der Waals surface area contributed by atoms with Crippen LogP contribution in [0.25, 0.3) is 0 Å². The minimum atomic E-state index is -1.07. The number of hydrogen-bond donors (Lipinski definition) is 2. The van der Waals surface area contributed by atoms with Crippen molar-refractivity contribution in [1.82, 2.24) is 20.1 Å². The summed E-state index contributed by atoms with van der Waals surface area (Å²) >= 11 is 0. The molecule has 1 aromatic carbocycles. The summed E-state index contributed by atoms with van der Waals surface area (Å²) < 4.78 is 19.8. The van der Waals surface area contributed by atoms with Crippen LogP contribution in [0.5, 0.6) is 0 Å². The Labute approximate surface area is 219 Å². The first-order valence-electron chi connectivity index (χ1n) is 12.5. The number of ether oxygens (including phenoxy) is 1. The molecule has 2 N–H and O–H groups in total. The number of carbonyl (C=O) groups excluding carboxylic acids is 2. The van der Waals surface area contributed by atoms with Gasteiger partial charge >= 0.3 is 6.03 Å². The van der Waals surface area contributed by atoms with Crippen molar-refractivity contribution in [3.05, 3.63) is 77.1 Å². The van der Waals surface area contributed by atoms with E-state index in [1.807, 2.05) is 18.2 Å². The number of carbonyl (C=O) groups is 2. The summed E-state index contributed by atoms with van der Waals surface area (Å²) in [6, 6.07) is 8.92. The molecule has 2 aliphatic heterocycles. The van der Waals surface area contributed by atoms with Crippen LogP contribution in [0, 0.1) is 17.8 Å². The summed E-state index contributed by atoms with van der Waals surface area (Å²) in [4.78, 5) is 31.5. The molecule has 0 spiro atoms. The average Bonchev–Trinajstić information content (AvgIpc) is 3.34. The number of pyridine rings is 1. The Kier molecular flexibility index (Phi) is 7.22. The van der Waals surface area contributed by atoms with Crippen LogP contribution < -0.4 is 10.2 Å². The minimum absolute atomic E-state index is 0.249. The molecule has 2 aromatic heterocycles. The highest BCUT2D eigenvalue weighted by Crippen LogP contribution is 2.28. The number of benzene rings is 1.